The highest BCUT2D eigenvalue weighted by Crippen LogP contribution is 2.42. The SMILES string of the molecule is COc1ccc(C2C(C(=O)CCc3ccccc3)=C(O)C(=O)N2c2ccc(C)cc2C)cc1. The first kappa shape index (κ1) is 22.3. The topological polar surface area (TPSA) is 66.8 Å². The molecule has 0 aliphatic carbocycles. The maximum absolute atomic E-state index is 13.4. The van der Waals surface area contributed by atoms with Gasteiger partial charge < -0.3 is 9.84 Å². The largest absolute Gasteiger partial charge is 0.503 e. The second-order valence-electron chi connectivity index (χ2n) is 8.31. The summed E-state index contributed by atoms with van der Waals surface area (Å²) >= 11 is 0. The summed E-state index contributed by atoms with van der Waals surface area (Å²) in [7, 11) is 1.58. The molecule has 5 heteroatoms. The molecule has 1 aliphatic rings. The average Bonchev–Trinajstić information content (AvgIpc) is 3.09. The van der Waals surface area contributed by atoms with E-state index in [1.54, 1.807) is 19.2 Å². The van der Waals surface area contributed by atoms with E-state index in [0.717, 1.165) is 22.3 Å². The number of ketones is 1. The first-order valence-corrected chi connectivity index (χ1v) is 11.0. The van der Waals surface area contributed by atoms with Gasteiger partial charge in [-0.05, 0) is 55.2 Å². The quantitative estimate of drug-likeness (QED) is 0.532. The van der Waals surface area contributed by atoms with Crippen molar-refractivity contribution in [3.05, 3.63) is 106 Å². The van der Waals surface area contributed by atoms with E-state index >= 15 is 0 Å². The number of carbonyl (C=O) groups excluding carboxylic acids is 2. The smallest absolute Gasteiger partial charge is 0.294 e. The Balaban J connectivity index is 1.75. The number of methoxy groups -OCH3 is 1. The van der Waals surface area contributed by atoms with Crippen LogP contribution in [0, 0.1) is 13.8 Å². The van der Waals surface area contributed by atoms with Crippen LogP contribution in [0.3, 0.4) is 0 Å². The predicted octanol–water partition coefficient (Wildman–Crippen LogP) is 5.41. The third-order valence-electron chi connectivity index (χ3n) is 6.04. The molecule has 0 saturated carbocycles. The molecule has 1 aliphatic heterocycles. The minimum atomic E-state index is -0.715. The van der Waals surface area contributed by atoms with Crippen LogP contribution in [0.25, 0.3) is 0 Å². The molecule has 1 heterocycles. The average molecular weight is 442 g/mol. The summed E-state index contributed by atoms with van der Waals surface area (Å²) in [4.78, 5) is 28.2. The van der Waals surface area contributed by atoms with Gasteiger partial charge in [-0.25, -0.2) is 0 Å². The van der Waals surface area contributed by atoms with Crippen molar-refractivity contribution < 1.29 is 19.4 Å². The zero-order valence-electron chi connectivity index (χ0n) is 19.0. The van der Waals surface area contributed by atoms with E-state index in [9.17, 15) is 14.7 Å². The van der Waals surface area contributed by atoms with E-state index in [-0.39, 0.29) is 17.8 Å². The van der Waals surface area contributed by atoms with Crippen LogP contribution in [0.5, 0.6) is 5.75 Å². The molecule has 1 amide bonds. The predicted molar refractivity (Wildman–Crippen MR) is 129 cm³/mol. The Morgan fingerprint density at radius 1 is 1.00 bits per heavy atom. The van der Waals surface area contributed by atoms with Gasteiger partial charge in [-0.15, -0.1) is 0 Å². The molecular formula is C28H27NO4. The monoisotopic (exact) mass is 441 g/mol. The Morgan fingerprint density at radius 3 is 2.33 bits per heavy atom. The number of hydrogen-bond donors (Lipinski definition) is 1. The third-order valence-corrected chi connectivity index (χ3v) is 6.04. The summed E-state index contributed by atoms with van der Waals surface area (Å²) in [6, 6.07) is 22.0. The van der Waals surface area contributed by atoms with Gasteiger partial charge in [0.15, 0.2) is 11.5 Å². The number of Topliss-reactive ketones (excluding diaryl/α,β-unsaturated/α-hetero) is 1. The van der Waals surface area contributed by atoms with Gasteiger partial charge in [-0.1, -0.05) is 60.2 Å². The number of carbonyl (C=O) groups is 2. The molecule has 0 radical (unpaired) electrons. The molecule has 3 aromatic rings. The minimum absolute atomic E-state index is 0.140. The molecule has 4 rings (SSSR count). The number of amides is 1. The Labute approximate surface area is 193 Å². The van der Waals surface area contributed by atoms with Crippen molar-refractivity contribution in [3.8, 4) is 5.75 Å². The number of aliphatic hydroxyl groups excluding tert-OH is 1. The Kier molecular flexibility index (Phi) is 6.31. The molecule has 1 unspecified atom stereocenters. The molecular weight excluding hydrogens is 414 g/mol. The summed E-state index contributed by atoms with van der Waals surface area (Å²) in [5.41, 5.74) is 4.54. The van der Waals surface area contributed by atoms with Gasteiger partial charge in [0.2, 0.25) is 0 Å². The Hall–Kier alpha value is -3.86. The van der Waals surface area contributed by atoms with E-state index in [2.05, 4.69) is 0 Å². The maximum Gasteiger partial charge on any atom is 0.294 e. The van der Waals surface area contributed by atoms with Crippen LogP contribution < -0.4 is 9.64 Å². The van der Waals surface area contributed by atoms with Gasteiger partial charge >= 0.3 is 0 Å². The molecule has 3 aromatic carbocycles. The minimum Gasteiger partial charge on any atom is -0.503 e. The van der Waals surface area contributed by atoms with Gasteiger partial charge in [-0.3, -0.25) is 14.5 Å². The fourth-order valence-corrected chi connectivity index (χ4v) is 4.35. The van der Waals surface area contributed by atoms with Crippen molar-refractivity contribution >= 4 is 17.4 Å². The Bertz CT molecular complexity index is 1210. The summed E-state index contributed by atoms with van der Waals surface area (Å²) < 4.78 is 5.27. The molecule has 1 atom stereocenters. The van der Waals surface area contributed by atoms with E-state index < -0.39 is 17.7 Å². The number of nitrogens with zero attached hydrogens (tertiary/aromatic N) is 1. The standard InChI is InChI=1S/C28H27NO4/c1-18-9-15-23(19(2)17-18)29-26(21-11-13-22(33-3)14-12-21)25(27(31)28(29)32)24(30)16-10-20-7-5-4-6-8-20/h4-9,11-15,17,26,31H,10,16H2,1-3H3. The number of anilines is 1. The van der Waals surface area contributed by atoms with Gasteiger partial charge in [-0.2, -0.15) is 0 Å². The normalized spacial score (nSPS) is 15.8. The highest BCUT2D eigenvalue weighted by molar-refractivity contribution is 6.16. The molecule has 0 saturated heterocycles. The van der Waals surface area contributed by atoms with E-state index in [0.29, 0.717) is 17.9 Å². The summed E-state index contributed by atoms with van der Waals surface area (Å²) in [6.07, 6.45) is 0.730. The van der Waals surface area contributed by atoms with Gasteiger partial charge in [0.1, 0.15) is 5.75 Å². The highest BCUT2D eigenvalue weighted by atomic mass is 16.5. The van der Waals surface area contributed by atoms with Gasteiger partial charge in [0.25, 0.3) is 5.91 Å². The summed E-state index contributed by atoms with van der Waals surface area (Å²) in [6.45, 7) is 3.91. The van der Waals surface area contributed by atoms with Crippen molar-refractivity contribution in [3.63, 3.8) is 0 Å². The van der Waals surface area contributed by atoms with Crippen molar-refractivity contribution in [1.82, 2.24) is 0 Å². The van der Waals surface area contributed by atoms with Crippen LogP contribution in [0.15, 0.2) is 84.1 Å². The molecule has 0 bridgehead atoms. The van der Waals surface area contributed by atoms with E-state index in [1.165, 1.54) is 4.90 Å². The molecule has 0 fully saturated rings. The fourth-order valence-electron chi connectivity index (χ4n) is 4.35. The van der Waals surface area contributed by atoms with Crippen LogP contribution in [0.1, 0.15) is 34.7 Å². The highest BCUT2D eigenvalue weighted by Gasteiger charge is 2.44. The van der Waals surface area contributed by atoms with Gasteiger partial charge in [0, 0.05) is 12.1 Å². The molecule has 0 aromatic heterocycles. The molecule has 33 heavy (non-hydrogen) atoms. The van der Waals surface area contributed by atoms with Crippen LogP contribution >= 0.6 is 0 Å². The summed E-state index contributed by atoms with van der Waals surface area (Å²) in [5, 5.41) is 10.9. The number of hydrogen-bond acceptors (Lipinski definition) is 4. The van der Waals surface area contributed by atoms with Crippen molar-refractivity contribution in [2.24, 2.45) is 0 Å². The number of aliphatic hydroxyl groups is 1. The van der Waals surface area contributed by atoms with Crippen LogP contribution in [0.2, 0.25) is 0 Å². The third kappa shape index (κ3) is 4.40. The van der Waals surface area contributed by atoms with Crippen LogP contribution in [-0.2, 0) is 16.0 Å². The number of ether oxygens (including phenoxy) is 1. The first-order chi connectivity index (χ1) is 15.9. The van der Waals surface area contributed by atoms with Crippen LogP contribution in [0.4, 0.5) is 5.69 Å². The lowest BCUT2D eigenvalue weighted by molar-refractivity contribution is -0.118. The lowest BCUT2D eigenvalue weighted by atomic mass is 9.92. The Morgan fingerprint density at radius 2 is 1.70 bits per heavy atom. The summed E-state index contributed by atoms with van der Waals surface area (Å²) in [5.74, 6) is -0.608. The second kappa shape index (κ2) is 9.33. The van der Waals surface area contributed by atoms with Gasteiger partial charge in [0.05, 0.1) is 18.7 Å². The number of aryl methyl sites for hydroxylation is 3. The van der Waals surface area contributed by atoms with Crippen molar-refractivity contribution in [1.29, 1.82) is 0 Å². The fraction of sp³-hybridized carbons (Fsp3) is 0.214. The first-order valence-electron chi connectivity index (χ1n) is 11.0. The van der Waals surface area contributed by atoms with Crippen molar-refractivity contribution in [2.75, 3.05) is 12.0 Å². The number of benzene rings is 3. The molecule has 5 nitrogen and oxygen atoms in total. The van der Waals surface area contributed by atoms with Crippen LogP contribution in [-0.4, -0.2) is 23.9 Å². The maximum atomic E-state index is 13.4. The lowest BCUT2D eigenvalue weighted by Crippen LogP contribution is -2.31. The lowest BCUT2D eigenvalue weighted by Gasteiger charge is -2.28. The zero-order chi connectivity index (χ0) is 23.5. The van der Waals surface area contributed by atoms with E-state index in [1.807, 2.05) is 74.5 Å². The molecule has 168 valence electrons. The van der Waals surface area contributed by atoms with Crippen molar-refractivity contribution in [2.45, 2.75) is 32.7 Å². The second-order valence-corrected chi connectivity index (χ2v) is 8.31. The molecule has 1 N–H and O–H groups in total. The zero-order valence-corrected chi connectivity index (χ0v) is 19.0. The number of rotatable bonds is 7. The van der Waals surface area contributed by atoms with E-state index in [4.69, 9.17) is 4.74 Å². The molecule has 0 spiro atoms.